The Bertz CT molecular complexity index is 717. The number of nitrogens with zero attached hydrogens (tertiary/aromatic N) is 4. The summed E-state index contributed by atoms with van der Waals surface area (Å²) < 4.78 is 4.99. The summed E-state index contributed by atoms with van der Waals surface area (Å²) in [6.07, 6.45) is 4.34. The van der Waals surface area contributed by atoms with Gasteiger partial charge in [0.05, 0.1) is 17.9 Å². The second-order valence-corrected chi connectivity index (χ2v) is 7.91. The second kappa shape index (κ2) is 7.80. The van der Waals surface area contributed by atoms with E-state index in [-0.39, 0.29) is 23.1 Å². The Morgan fingerprint density at radius 3 is 2.78 bits per heavy atom. The average Bonchev–Trinajstić information content (AvgIpc) is 3.22. The normalized spacial score (nSPS) is 20.4. The van der Waals surface area contributed by atoms with Gasteiger partial charge in [-0.15, -0.1) is 0 Å². The number of likely N-dealkylation sites (tertiary alicyclic amines) is 1. The van der Waals surface area contributed by atoms with Gasteiger partial charge >= 0.3 is 0 Å². The first kappa shape index (κ1) is 19.5. The number of nitrogens with one attached hydrogen (secondary N) is 1. The lowest BCUT2D eigenvalue weighted by atomic mass is 9.99. The Labute approximate surface area is 160 Å². The minimum Gasteiger partial charge on any atom is -0.383 e. The monoisotopic (exact) mass is 375 g/mol. The summed E-state index contributed by atoms with van der Waals surface area (Å²) in [5, 5.41) is 2.84. The number of rotatable bonds is 7. The Morgan fingerprint density at radius 1 is 1.41 bits per heavy atom. The van der Waals surface area contributed by atoms with E-state index in [0.717, 1.165) is 25.0 Å². The molecule has 3 rings (SSSR count). The van der Waals surface area contributed by atoms with Gasteiger partial charge in [0.2, 0.25) is 11.9 Å². The molecule has 8 heteroatoms. The van der Waals surface area contributed by atoms with Crippen molar-refractivity contribution in [1.29, 1.82) is 0 Å². The molecule has 2 amide bonds. The quantitative estimate of drug-likeness (QED) is 0.717. The third-order valence-electron chi connectivity index (χ3n) is 5.42. The molecule has 0 bridgehead atoms. The predicted octanol–water partition coefficient (Wildman–Crippen LogP) is 1.03. The number of aromatic nitrogens is 2. The molecule has 2 aliphatic rings. The maximum Gasteiger partial charge on any atom is 0.254 e. The number of anilines is 1. The summed E-state index contributed by atoms with van der Waals surface area (Å²) in [6, 6.07) is 0. The molecule has 2 fully saturated rings. The van der Waals surface area contributed by atoms with E-state index in [1.807, 2.05) is 30.8 Å². The standard InChI is InChI=1S/C19H29N5O3/c1-19(6-7-19)17(26)24-9-5-13(12-24)15-14(16(25)20-8-10-27-4)11-21-18(22-15)23(2)3/h11,13H,5-10,12H2,1-4H3,(H,20,25). The van der Waals surface area contributed by atoms with Crippen molar-refractivity contribution in [2.24, 2.45) is 5.41 Å². The van der Waals surface area contributed by atoms with Gasteiger partial charge in [0, 0.05) is 58.4 Å². The molecule has 2 heterocycles. The van der Waals surface area contributed by atoms with Gasteiger partial charge in [-0.25, -0.2) is 9.97 Å². The number of hydrogen-bond acceptors (Lipinski definition) is 6. The van der Waals surface area contributed by atoms with Crippen LogP contribution in [0.25, 0.3) is 0 Å². The van der Waals surface area contributed by atoms with Crippen molar-refractivity contribution in [3.05, 3.63) is 17.5 Å². The van der Waals surface area contributed by atoms with E-state index in [2.05, 4.69) is 15.3 Å². The number of carbonyl (C=O) groups excluding carboxylic acids is 2. The lowest BCUT2D eigenvalue weighted by Crippen LogP contribution is -2.34. The fourth-order valence-corrected chi connectivity index (χ4v) is 3.40. The molecule has 1 atom stereocenters. The first-order chi connectivity index (χ1) is 12.9. The van der Waals surface area contributed by atoms with Crippen molar-refractivity contribution in [2.45, 2.75) is 32.1 Å². The number of amides is 2. The lowest BCUT2D eigenvalue weighted by Gasteiger charge is -2.21. The van der Waals surface area contributed by atoms with Gasteiger partial charge in [-0.3, -0.25) is 9.59 Å². The molecular formula is C19H29N5O3. The van der Waals surface area contributed by atoms with Crippen molar-refractivity contribution >= 4 is 17.8 Å². The molecule has 1 aromatic heterocycles. The summed E-state index contributed by atoms with van der Waals surface area (Å²) >= 11 is 0. The molecule has 1 saturated heterocycles. The van der Waals surface area contributed by atoms with Crippen LogP contribution >= 0.6 is 0 Å². The summed E-state index contributed by atoms with van der Waals surface area (Å²) in [7, 11) is 5.34. The van der Waals surface area contributed by atoms with E-state index >= 15 is 0 Å². The Balaban J connectivity index is 1.80. The molecule has 1 aliphatic carbocycles. The Hall–Kier alpha value is -2.22. The summed E-state index contributed by atoms with van der Waals surface area (Å²) in [6.45, 7) is 4.23. The van der Waals surface area contributed by atoms with Crippen LogP contribution in [-0.4, -0.2) is 74.1 Å². The summed E-state index contributed by atoms with van der Waals surface area (Å²) in [4.78, 5) is 38.0. The van der Waals surface area contributed by atoms with Crippen LogP contribution in [0.3, 0.4) is 0 Å². The predicted molar refractivity (Wildman–Crippen MR) is 102 cm³/mol. The lowest BCUT2D eigenvalue weighted by molar-refractivity contribution is -0.135. The van der Waals surface area contributed by atoms with Crippen LogP contribution < -0.4 is 10.2 Å². The maximum absolute atomic E-state index is 12.7. The van der Waals surface area contributed by atoms with E-state index in [4.69, 9.17) is 4.74 Å². The van der Waals surface area contributed by atoms with Crippen molar-refractivity contribution in [1.82, 2.24) is 20.2 Å². The first-order valence-electron chi connectivity index (χ1n) is 9.46. The largest absolute Gasteiger partial charge is 0.383 e. The van der Waals surface area contributed by atoms with Crippen molar-refractivity contribution < 1.29 is 14.3 Å². The number of carbonyl (C=O) groups is 2. The van der Waals surface area contributed by atoms with Gasteiger partial charge in [0.25, 0.3) is 5.91 Å². The molecule has 8 nitrogen and oxygen atoms in total. The zero-order valence-corrected chi connectivity index (χ0v) is 16.6. The minimum atomic E-state index is -0.203. The van der Waals surface area contributed by atoms with Crippen LogP contribution in [-0.2, 0) is 9.53 Å². The smallest absolute Gasteiger partial charge is 0.254 e. The van der Waals surface area contributed by atoms with E-state index in [0.29, 0.717) is 37.8 Å². The highest BCUT2D eigenvalue weighted by Crippen LogP contribution is 2.47. The fourth-order valence-electron chi connectivity index (χ4n) is 3.40. The van der Waals surface area contributed by atoms with E-state index in [9.17, 15) is 9.59 Å². The van der Waals surface area contributed by atoms with Crippen LogP contribution in [0.4, 0.5) is 5.95 Å². The molecular weight excluding hydrogens is 346 g/mol. The molecule has 1 N–H and O–H groups in total. The molecule has 148 valence electrons. The van der Waals surface area contributed by atoms with Gasteiger partial charge in [-0.1, -0.05) is 6.92 Å². The molecule has 1 unspecified atom stereocenters. The van der Waals surface area contributed by atoms with Gasteiger partial charge in [-0.2, -0.15) is 0 Å². The third kappa shape index (κ3) is 4.21. The van der Waals surface area contributed by atoms with Gasteiger partial charge in [0.15, 0.2) is 0 Å². The van der Waals surface area contributed by atoms with Crippen LogP contribution in [0.2, 0.25) is 0 Å². The van der Waals surface area contributed by atoms with Crippen LogP contribution in [0.1, 0.15) is 48.2 Å². The Morgan fingerprint density at radius 2 is 2.15 bits per heavy atom. The Kier molecular flexibility index (Phi) is 5.64. The maximum atomic E-state index is 12.7. The second-order valence-electron chi connectivity index (χ2n) is 7.91. The van der Waals surface area contributed by atoms with Crippen LogP contribution in [0, 0.1) is 5.41 Å². The number of methoxy groups -OCH3 is 1. The highest BCUT2D eigenvalue weighted by atomic mass is 16.5. The van der Waals surface area contributed by atoms with Gasteiger partial charge < -0.3 is 19.9 Å². The van der Waals surface area contributed by atoms with Crippen molar-refractivity contribution in [3.8, 4) is 0 Å². The first-order valence-corrected chi connectivity index (χ1v) is 9.46. The molecule has 1 aliphatic heterocycles. The van der Waals surface area contributed by atoms with Crippen molar-refractivity contribution in [2.75, 3.05) is 52.3 Å². The van der Waals surface area contributed by atoms with Crippen molar-refractivity contribution in [3.63, 3.8) is 0 Å². The molecule has 0 radical (unpaired) electrons. The van der Waals surface area contributed by atoms with Gasteiger partial charge in [0.1, 0.15) is 0 Å². The fraction of sp³-hybridized carbons (Fsp3) is 0.684. The molecule has 27 heavy (non-hydrogen) atoms. The van der Waals surface area contributed by atoms with E-state index < -0.39 is 0 Å². The SMILES string of the molecule is COCCNC(=O)c1cnc(N(C)C)nc1C1CCN(C(=O)C2(C)CC2)C1. The van der Waals surface area contributed by atoms with E-state index in [1.54, 1.807) is 13.3 Å². The van der Waals surface area contributed by atoms with Crippen LogP contribution in [0.5, 0.6) is 0 Å². The topological polar surface area (TPSA) is 87.7 Å². The zero-order valence-electron chi connectivity index (χ0n) is 16.6. The molecule has 0 aromatic carbocycles. The average molecular weight is 375 g/mol. The molecule has 1 aromatic rings. The highest BCUT2D eigenvalue weighted by molar-refractivity contribution is 5.95. The summed E-state index contributed by atoms with van der Waals surface area (Å²) in [5.74, 6) is 0.642. The zero-order chi connectivity index (χ0) is 19.6. The summed E-state index contributed by atoms with van der Waals surface area (Å²) in [5.41, 5.74) is 1.03. The third-order valence-corrected chi connectivity index (χ3v) is 5.42. The van der Waals surface area contributed by atoms with Crippen LogP contribution in [0.15, 0.2) is 6.20 Å². The minimum absolute atomic E-state index is 0.0428. The highest BCUT2D eigenvalue weighted by Gasteiger charge is 2.48. The number of hydrogen-bond donors (Lipinski definition) is 1. The molecule has 1 saturated carbocycles. The van der Waals surface area contributed by atoms with E-state index in [1.165, 1.54) is 0 Å². The van der Waals surface area contributed by atoms with Gasteiger partial charge in [-0.05, 0) is 19.3 Å². The molecule has 0 spiro atoms. The number of ether oxygens (including phenoxy) is 1.